The van der Waals surface area contributed by atoms with E-state index in [2.05, 4.69) is 24.9 Å². The molecule has 0 saturated carbocycles. The van der Waals surface area contributed by atoms with Crippen LogP contribution in [0.2, 0.25) is 0 Å². The van der Waals surface area contributed by atoms with Crippen LogP contribution in [-0.4, -0.2) is 5.91 Å². The summed E-state index contributed by atoms with van der Waals surface area (Å²) < 4.78 is 0. The lowest BCUT2D eigenvalue weighted by Crippen LogP contribution is -2.10. The van der Waals surface area contributed by atoms with E-state index < -0.39 is 0 Å². The molecule has 130 valence electrons. The van der Waals surface area contributed by atoms with Gasteiger partial charge < -0.3 is 5.32 Å². The molecule has 0 aromatic heterocycles. The number of hydrogen-bond acceptors (Lipinski definition) is 2. The van der Waals surface area contributed by atoms with E-state index in [-0.39, 0.29) is 5.91 Å². The third-order valence-corrected chi connectivity index (χ3v) is 4.46. The van der Waals surface area contributed by atoms with E-state index in [0.29, 0.717) is 6.42 Å². The van der Waals surface area contributed by atoms with Crippen molar-refractivity contribution in [1.82, 2.24) is 0 Å². The fourth-order valence-electron chi connectivity index (χ4n) is 2.72. The largest absolute Gasteiger partial charge is 0.326 e. The molecule has 0 saturated heterocycles. The molecule has 1 N–H and O–H groups in total. The highest BCUT2D eigenvalue weighted by Crippen LogP contribution is 2.14. The number of amides is 1. The molecule has 0 heterocycles. The van der Waals surface area contributed by atoms with Gasteiger partial charge >= 0.3 is 0 Å². The number of thiol groups is 1. The van der Waals surface area contributed by atoms with E-state index in [1.807, 2.05) is 24.3 Å². The van der Waals surface area contributed by atoms with Gasteiger partial charge in [-0.15, -0.1) is 12.6 Å². The van der Waals surface area contributed by atoms with Gasteiger partial charge in [0.05, 0.1) is 0 Å². The number of hydrogen-bond donors (Lipinski definition) is 2. The second-order valence-corrected chi connectivity index (χ2v) is 6.90. The average molecular weight is 336 g/mol. The molecule has 0 radical (unpaired) electrons. The normalized spacial score (nSPS) is 10.7. The molecule has 1 amide bonds. The zero-order valence-corrected chi connectivity index (χ0v) is 15.5. The quantitative estimate of drug-likeness (QED) is 0.308. The minimum Gasteiger partial charge on any atom is -0.326 e. The molecule has 23 heavy (non-hydrogen) atoms. The van der Waals surface area contributed by atoms with Gasteiger partial charge in [0.1, 0.15) is 0 Å². The summed E-state index contributed by atoms with van der Waals surface area (Å²) in [4.78, 5) is 12.7. The fourth-order valence-corrected chi connectivity index (χ4v) is 2.87. The van der Waals surface area contributed by atoms with Gasteiger partial charge in [0.15, 0.2) is 0 Å². The molecule has 0 unspecified atom stereocenters. The molecule has 2 nitrogen and oxygen atoms in total. The van der Waals surface area contributed by atoms with E-state index in [1.54, 1.807) is 0 Å². The summed E-state index contributed by atoms with van der Waals surface area (Å²) in [6.07, 6.45) is 15.0. The molecule has 1 rings (SSSR count). The SMILES string of the molecule is CCCCCCCCCCCCCC(=O)Nc1ccc(S)cc1. The van der Waals surface area contributed by atoms with E-state index in [9.17, 15) is 4.79 Å². The van der Waals surface area contributed by atoms with Crippen LogP contribution in [0.25, 0.3) is 0 Å². The second-order valence-electron chi connectivity index (χ2n) is 6.38. The zero-order valence-electron chi connectivity index (χ0n) is 14.7. The topological polar surface area (TPSA) is 29.1 Å². The Labute approximate surface area is 147 Å². The van der Waals surface area contributed by atoms with Gasteiger partial charge in [-0.2, -0.15) is 0 Å². The Morgan fingerprint density at radius 2 is 1.30 bits per heavy atom. The lowest BCUT2D eigenvalue weighted by molar-refractivity contribution is -0.116. The summed E-state index contributed by atoms with van der Waals surface area (Å²) >= 11 is 4.23. The molecule has 0 bridgehead atoms. The van der Waals surface area contributed by atoms with Gasteiger partial charge in [-0.25, -0.2) is 0 Å². The lowest BCUT2D eigenvalue weighted by atomic mass is 10.1. The van der Waals surface area contributed by atoms with Gasteiger partial charge in [0.2, 0.25) is 5.91 Å². The van der Waals surface area contributed by atoms with Crippen molar-refractivity contribution in [3.63, 3.8) is 0 Å². The molecule has 0 aliphatic carbocycles. The maximum Gasteiger partial charge on any atom is 0.224 e. The minimum absolute atomic E-state index is 0.118. The Morgan fingerprint density at radius 1 is 0.826 bits per heavy atom. The molecule has 1 aromatic carbocycles. The lowest BCUT2D eigenvalue weighted by Gasteiger charge is -2.05. The summed E-state index contributed by atoms with van der Waals surface area (Å²) in [7, 11) is 0. The van der Waals surface area contributed by atoms with E-state index in [1.165, 1.54) is 64.2 Å². The maximum absolute atomic E-state index is 11.8. The number of nitrogens with one attached hydrogen (secondary N) is 1. The summed E-state index contributed by atoms with van der Waals surface area (Å²) in [6, 6.07) is 7.56. The third-order valence-electron chi connectivity index (χ3n) is 4.16. The van der Waals surface area contributed by atoms with Crippen LogP contribution in [-0.2, 0) is 4.79 Å². The van der Waals surface area contributed by atoms with Crippen molar-refractivity contribution in [2.75, 3.05) is 5.32 Å². The molecule has 0 spiro atoms. The minimum atomic E-state index is 0.118. The number of rotatable bonds is 13. The van der Waals surface area contributed by atoms with Gasteiger partial charge in [0.25, 0.3) is 0 Å². The standard InChI is InChI=1S/C20H33NOS/c1-2-3-4-5-6-7-8-9-10-11-12-13-20(22)21-18-14-16-19(23)17-15-18/h14-17,23H,2-13H2,1H3,(H,21,22). The van der Waals surface area contributed by atoms with E-state index >= 15 is 0 Å². The van der Waals surface area contributed by atoms with Crippen molar-refractivity contribution in [1.29, 1.82) is 0 Å². The van der Waals surface area contributed by atoms with Crippen LogP contribution in [0.4, 0.5) is 5.69 Å². The van der Waals surface area contributed by atoms with Crippen molar-refractivity contribution in [3.05, 3.63) is 24.3 Å². The number of benzene rings is 1. The van der Waals surface area contributed by atoms with Crippen molar-refractivity contribution >= 4 is 24.2 Å². The Balaban J connectivity index is 1.90. The van der Waals surface area contributed by atoms with Crippen LogP contribution >= 0.6 is 12.6 Å². The van der Waals surface area contributed by atoms with E-state index in [0.717, 1.165) is 17.0 Å². The van der Waals surface area contributed by atoms with Gasteiger partial charge in [-0.3, -0.25) is 4.79 Å². The Hall–Kier alpha value is -0.960. The van der Waals surface area contributed by atoms with Crippen LogP contribution < -0.4 is 5.32 Å². The maximum atomic E-state index is 11.8. The Bertz CT molecular complexity index is 416. The average Bonchev–Trinajstić information content (AvgIpc) is 2.55. The number of carbonyl (C=O) groups is 1. The molecule has 0 fully saturated rings. The number of carbonyl (C=O) groups excluding carboxylic acids is 1. The first kappa shape index (κ1) is 20.1. The highest BCUT2D eigenvalue weighted by atomic mass is 32.1. The van der Waals surface area contributed by atoms with Crippen molar-refractivity contribution < 1.29 is 4.79 Å². The number of unbranched alkanes of at least 4 members (excludes halogenated alkanes) is 10. The van der Waals surface area contributed by atoms with Crippen LogP contribution in [0, 0.1) is 0 Å². The molecule has 0 atom stereocenters. The fraction of sp³-hybridized carbons (Fsp3) is 0.650. The van der Waals surface area contributed by atoms with Gasteiger partial charge in [0, 0.05) is 17.0 Å². The summed E-state index contributed by atoms with van der Waals surface area (Å²) in [6.45, 7) is 2.26. The highest BCUT2D eigenvalue weighted by Gasteiger charge is 2.02. The summed E-state index contributed by atoms with van der Waals surface area (Å²) in [5, 5.41) is 2.93. The third kappa shape index (κ3) is 11.2. The van der Waals surface area contributed by atoms with Crippen molar-refractivity contribution in [3.8, 4) is 0 Å². The predicted octanol–water partition coefficient (Wildman–Crippen LogP) is 6.61. The molecular weight excluding hydrogens is 302 g/mol. The van der Waals surface area contributed by atoms with Crippen molar-refractivity contribution in [2.24, 2.45) is 0 Å². The van der Waals surface area contributed by atoms with Crippen LogP contribution in [0.3, 0.4) is 0 Å². The van der Waals surface area contributed by atoms with Crippen molar-refractivity contribution in [2.45, 2.75) is 88.9 Å². The first-order chi connectivity index (χ1) is 11.2. The molecule has 1 aromatic rings. The second kappa shape index (κ2) is 13.5. The zero-order chi connectivity index (χ0) is 16.8. The Morgan fingerprint density at radius 3 is 1.83 bits per heavy atom. The molecule has 0 aliphatic rings. The molecule has 0 aliphatic heterocycles. The number of anilines is 1. The highest BCUT2D eigenvalue weighted by molar-refractivity contribution is 7.80. The predicted molar refractivity (Wildman–Crippen MR) is 103 cm³/mol. The molecular formula is C20H33NOS. The van der Waals surface area contributed by atoms with Gasteiger partial charge in [-0.1, -0.05) is 71.1 Å². The smallest absolute Gasteiger partial charge is 0.224 e. The van der Waals surface area contributed by atoms with Gasteiger partial charge in [-0.05, 0) is 30.7 Å². The monoisotopic (exact) mass is 335 g/mol. The molecule has 3 heteroatoms. The first-order valence-corrected chi connectivity index (χ1v) is 9.76. The van der Waals surface area contributed by atoms with Crippen LogP contribution in [0.5, 0.6) is 0 Å². The van der Waals surface area contributed by atoms with Crippen LogP contribution in [0.1, 0.15) is 84.0 Å². The summed E-state index contributed by atoms with van der Waals surface area (Å²) in [5.74, 6) is 0.118. The first-order valence-electron chi connectivity index (χ1n) is 9.31. The Kier molecular flexibility index (Phi) is 11.8. The van der Waals surface area contributed by atoms with E-state index in [4.69, 9.17) is 0 Å². The summed E-state index contributed by atoms with van der Waals surface area (Å²) in [5.41, 5.74) is 0.857. The van der Waals surface area contributed by atoms with Crippen LogP contribution in [0.15, 0.2) is 29.2 Å².